The molecule has 7 nitrogen and oxygen atoms in total. The van der Waals surface area contributed by atoms with Crippen LogP contribution in [-0.2, 0) is 0 Å². The average molecular weight is 469 g/mol. The van der Waals surface area contributed by atoms with Crippen molar-refractivity contribution in [1.29, 1.82) is 0 Å². The third-order valence-electron chi connectivity index (χ3n) is 6.66. The Labute approximate surface area is 205 Å². The first kappa shape index (κ1) is 26.4. The number of hydrogen-bond acceptors (Lipinski definition) is 5. The van der Waals surface area contributed by atoms with Crippen molar-refractivity contribution < 1.29 is 4.79 Å². The van der Waals surface area contributed by atoms with Gasteiger partial charge in [-0.25, -0.2) is 4.79 Å². The molecular weight excluding hydrogens is 424 g/mol. The smallest absolute Gasteiger partial charge is 0.320 e. The third kappa shape index (κ3) is 7.67. The number of nitrogens with zero attached hydrogens (tertiary/aromatic N) is 1. The van der Waals surface area contributed by atoms with Crippen LogP contribution < -0.4 is 26.6 Å². The predicted octanol–water partition coefficient (Wildman–Crippen LogP) is 4.28. The lowest BCUT2D eigenvalue weighted by Crippen LogP contribution is -2.70. The largest absolute Gasteiger partial charge is 0.321 e. The fraction of sp³-hybridized carbons (Fsp3) is 0.593. The Morgan fingerprint density at radius 3 is 2.62 bits per heavy atom. The van der Waals surface area contributed by atoms with Crippen LogP contribution in [0.4, 0.5) is 10.5 Å². The summed E-state index contributed by atoms with van der Waals surface area (Å²) in [5.41, 5.74) is 0.798. The first-order valence-electron chi connectivity index (χ1n) is 13.0. The molecule has 0 saturated carbocycles. The maximum atomic E-state index is 13.1. The second kappa shape index (κ2) is 13.6. The molecule has 2 amide bonds. The summed E-state index contributed by atoms with van der Waals surface area (Å²) in [6.07, 6.45) is 5.59. The molecule has 5 N–H and O–H groups in total. The van der Waals surface area contributed by atoms with Crippen molar-refractivity contribution >= 4 is 22.5 Å². The molecule has 3 rings (SSSR count). The number of nitrogens with one attached hydrogen (secondary N) is 5. The molecule has 1 saturated heterocycles. The van der Waals surface area contributed by atoms with Gasteiger partial charge in [-0.15, -0.1) is 0 Å². The van der Waals surface area contributed by atoms with Crippen molar-refractivity contribution in [3.8, 4) is 0 Å². The predicted molar refractivity (Wildman–Crippen MR) is 143 cm³/mol. The molecule has 2 aromatic carbocycles. The van der Waals surface area contributed by atoms with Crippen molar-refractivity contribution in [2.75, 3.05) is 32.0 Å². The van der Waals surface area contributed by atoms with Crippen molar-refractivity contribution in [1.82, 2.24) is 26.2 Å². The summed E-state index contributed by atoms with van der Waals surface area (Å²) in [4.78, 5) is 15.5. The molecule has 1 aliphatic rings. The number of rotatable bonds is 12. The summed E-state index contributed by atoms with van der Waals surface area (Å²) in [6, 6.07) is 14.3. The first-order chi connectivity index (χ1) is 16.5. The Morgan fingerprint density at radius 2 is 1.88 bits per heavy atom. The molecule has 3 atom stereocenters. The van der Waals surface area contributed by atoms with E-state index in [9.17, 15) is 4.79 Å². The van der Waals surface area contributed by atoms with Crippen LogP contribution in [0.15, 0.2) is 42.5 Å². The number of carbonyl (C=O) groups excluding carboxylic acids is 1. The summed E-state index contributed by atoms with van der Waals surface area (Å²) < 4.78 is 0. The van der Waals surface area contributed by atoms with Gasteiger partial charge < -0.3 is 21.3 Å². The summed E-state index contributed by atoms with van der Waals surface area (Å²) in [6.45, 7) is 9.61. The Bertz CT molecular complexity index is 888. The molecule has 0 spiro atoms. The van der Waals surface area contributed by atoms with E-state index in [1.807, 2.05) is 37.4 Å². The molecule has 3 unspecified atom stereocenters. The molecule has 1 aliphatic heterocycles. The van der Waals surface area contributed by atoms with Crippen molar-refractivity contribution in [2.24, 2.45) is 5.92 Å². The Hall–Kier alpha value is -2.19. The van der Waals surface area contributed by atoms with Crippen LogP contribution in [0, 0.1) is 5.92 Å². The summed E-state index contributed by atoms with van der Waals surface area (Å²) in [7, 11) is 1.99. The van der Waals surface area contributed by atoms with Crippen LogP contribution in [0.5, 0.6) is 0 Å². The van der Waals surface area contributed by atoms with Crippen LogP contribution in [-0.4, -0.2) is 56.1 Å². The zero-order chi connectivity index (χ0) is 24.3. The third-order valence-corrected chi connectivity index (χ3v) is 6.66. The monoisotopic (exact) mass is 468 g/mol. The second-order valence-corrected chi connectivity index (χ2v) is 9.69. The van der Waals surface area contributed by atoms with Gasteiger partial charge in [0, 0.05) is 18.3 Å². The zero-order valence-electron chi connectivity index (χ0n) is 21.4. The van der Waals surface area contributed by atoms with Crippen LogP contribution in [0.3, 0.4) is 0 Å². The van der Waals surface area contributed by atoms with Gasteiger partial charge in [-0.1, -0.05) is 63.9 Å². The van der Waals surface area contributed by atoms with E-state index in [0.717, 1.165) is 55.4 Å². The number of carbonyl (C=O) groups is 1. The van der Waals surface area contributed by atoms with E-state index in [1.165, 1.54) is 12.8 Å². The summed E-state index contributed by atoms with van der Waals surface area (Å²) in [5, 5.41) is 19.2. The highest BCUT2D eigenvalue weighted by Gasteiger charge is 2.36. The van der Waals surface area contributed by atoms with Gasteiger partial charge in [0.2, 0.25) is 0 Å². The molecule has 7 heteroatoms. The molecule has 0 radical (unpaired) electrons. The number of urea groups is 1. The Morgan fingerprint density at radius 1 is 1.09 bits per heavy atom. The molecule has 34 heavy (non-hydrogen) atoms. The van der Waals surface area contributed by atoms with E-state index in [0.29, 0.717) is 12.0 Å². The maximum absolute atomic E-state index is 13.1. The van der Waals surface area contributed by atoms with Gasteiger partial charge in [0.25, 0.3) is 0 Å². The molecule has 0 aliphatic carbocycles. The molecule has 188 valence electrons. The average Bonchev–Trinajstić information content (AvgIpc) is 2.82. The van der Waals surface area contributed by atoms with E-state index in [2.05, 4.69) is 64.4 Å². The van der Waals surface area contributed by atoms with E-state index < -0.39 is 0 Å². The number of benzene rings is 2. The van der Waals surface area contributed by atoms with E-state index in [-0.39, 0.29) is 18.5 Å². The minimum atomic E-state index is -0.222. The van der Waals surface area contributed by atoms with E-state index >= 15 is 0 Å². The molecule has 2 aromatic rings. The number of fused-ring (bicyclic) bond motifs is 1. The van der Waals surface area contributed by atoms with Gasteiger partial charge in [-0.2, -0.15) is 0 Å². The minimum absolute atomic E-state index is 0.188. The molecule has 1 fully saturated rings. The highest BCUT2D eigenvalue weighted by molar-refractivity contribution is 5.93. The topological polar surface area (TPSA) is 80.5 Å². The minimum Gasteiger partial charge on any atom is -0.320 e. The van der Waals surface area contributed by atoms with Gasteiger partial charge in [0.1, 0.15) is 6.29 Å². The highest BCUT2D eigenvalue weighted by Crippen LogP contribution is 2.21. The van der Waals surface area contributed by atoms with Crippen molar-refractivity contribution in [3.05, 3.63) is 42.5 Å². The van der Waals surface area contributed by atoms with Crippen LogP contribution in [0.25, 0.3) is 10.8 Å². The number of unbranched alkanes of at least 4 members (excludes halogenated alkanes) is 2. The number of hydrogen-bond donors (Lipinski definition) is 5. The molecule has 0 bridgehead atoms. The fourth-order valence-electron chi connectivity index (χ4n) is 4.63. The summed E-state index contributed by atoms with van der Waals surface area (Å²) in [5.74, 6) is 0.479. The van der Waals surface area contributed by atoms with Crippen LogP contribution in [0.2, 0.25) is 0 Å². The molecule has 1 heterocycles. The second-order valence-electron chi connectivity index (χ2n) is 9.69. The van der Waals surface area contributed by atoms with Crippen LogP contribution in [0.1, 0.15) is 52.9 Å². The SMILES string of the molecule is CCCCCN1C(NCCCNC)CC(C(C)C)NC1NC(=O)Nc1ccc2ccccc2c1. The number of amides is 2. The fourth-order valence-corrected chi connectivity index (χ4v) is 4.63. The lowest BCUT2D eigenvalue weighted by atomic mass is 9.96. The van der Waals surface area contributed by atoms with Gasteiger partial charge in [-0.05, 0) is 68.2 Å². The van der Waals surface area contributed by atoms with E-state index in [1.54, 1.807) is 0 Å². The van der Waals surface area contributed by atoms with Gasteiger partial charge in [0.15, 0.2) is 0 Å². The Balaban J connectivity index is 1.70. The maximum Gasteiger partial charge on any atom is 0.321 e. The van der Waals surface area contributed by atoms with Gasteiger partial charge in [0.05, 0.1) is 6.17 Å². The Kier molecular flexibility index (Phi) is 10.6. The quantitative estimate of drug-likeness (QED) is 0.301. The number of anilines is 1. The van der Waals surface area contributed by atoms with E-state index in [4.69, 9.17) is 0 Å². The molecular formula is C27H44N6O. The summed E-state index contributed by atoms with van der Waals surface area (Å²) >= 11 is 0. The first-order valence-corrected chi connectivity index (χ1v) is 13.0. The zero-order valence-corrected chi connectivity index (χ0v) is 21.4. The van der Waals surface area contributed by atoms with Crippen molar-refractivity contribution in [3.63, 3.8) is 0 Å². The van der Waals surface area contributed by atoms with Gasteiger partial charge in [-0.3, -0.25) is 10.2 Å². The standard InChI is InChI=1S/C27H44N6O/c1-5-6-9-17-33-25(29-16-10-15-28-4)19-24(20(2)3)31-26(33)32-27(34)30-23-14-13-21-11-7-8-12-22(21)18-23/h7-8,11-14,18,20,24-26,28-29,31H,5-6,9-10,15-17,19H2,1-4H3,(H2,30,32,34). The van der Waals surface area contributed by atoms with Crippen LogP contribution >= 0.6 is 0 Å². The van der Waals surface area contributed by atoms with Crippen molar-refractivity contribution in [2.45, 2.75) is 71.4 Å². The highest BCUT2D eigenvalue weighted by atomic mass is 16.2. The lowest BCUT2D eigenvalue weighted by Gasteiger charge is -2.47. The normalized spacial score (nSPS) is 21.1. The lowest BCUT2D eigenvalue weighted by molar-refractivity contribution is 0.00667. The van der Waals surface area contributed by atoms with Gasteiger partial charge >= 0.3 is 6.03 Å². The molecule has 0 aromatic heterocycles.